The number of unbranched alkanes of at least 4 members (excludes halogenated alkanes) is 7. The van der Waals surface area contributed by atoms with Gasteiger partial charge in [-0.1, -0.05) is 58.3 Å². The Balaban J connectivity index is 3.99. The van der Waals surface area contributed by atoms with Gasteiger partial charge in [0.05, 0.1) is 27.6 Å². The van der Waals surface area contributed by atoms with E-state index in [2.05, 4.69) is 6.92 Å². The van der Waals surface area contributed by atoms with E-state index in [-0.39, 0.29) is 6.42 Å². The fourth-order valence-corrected chi connectivity index (χ4v) is 2.98. The highest BCUT2D eigenvalue weighted by Crippen LogP contribution is 2.22. The molecule has 0 aliphatic carbocycles. The van der Waals surface area contributed by atoms with Crippen LogP contribution in [0.3, 0.4) is 0 Å². The lowest BCUT2D eigenvalue weighted by Gasteiger charge is -2.34. The van der Waals surface area contributed by atoms with Crippen molar-refractivity contribution >= 4 is 5.97 Å². The van der Waals surface area contributed by atoms with E-state index in [0.717, 1.165) is 12.8 Å². The van der Waals surface area contributed by atoms with Crippen LogP contribution in [0.1, 0.15) is 71.1 Å². The topological polar surface area (TPSA) is 57.5 Å². The molecule has 0 saturated heterocycles. The van der Waals surface area contributed by atoms with Crippen molar-refractivity contribution in [2.24, 2.45) is 0 Å². The van der Waals surface area contributed by atoms with Gasteiger partial charge in [0.2, 0.25) is 0 Å². The second kappa shape index (κ2) is 10.2. The zero-order chi connectivity index (χ0) is 16.4. The van der Waals surface area contributed by atoms with Gasteiger partial charge in [-0.15, -0.1) is 0 Å². The highest BCUT2D eigenvalue weighted by atomic mass is 16.4. The van der Waals surface area contributed by atoms with Crippen LogP contribution in [0.5, 0.6) is 0 Å². The minimum absolute atomic E-state index is 0.154. The Morgan fingerprint density at radius 2 is 1.43 bits per heavy atom. The Hall–Kier alpha value is -0.610. The zero-order valence-corrected chi connectivity index (χ0v) is 14.5. The molecule has 0 fully saturated rings. The Morgan fingerprint density at radius 1 is 0.952 bits per heavy atom. The van der Waals surface area contributed by atoms with Crippen molar-refractivity contribution in [3.63, 3.8) is 0 Å². The largest absolute Gasteiger partial charge is 0.481 e. The number of rotatable bonds is 13. The Kier molecular flexibility index (Phi) is 9.88. The number of carboxylic acid groups (broad SMARTS) is 1. The summed E-state index contributed by atoms with van der Waals surface area (Å²) in [5.41, 5.74) is -1.08. The molecule has 0 aromatic heterocycles. The lowest BCUT2D eigenvalue weighted by atomic mass is 9.91. The molecular formula is C17H36NO3+. The van der Waals surface area contributed by atoms with E-state index in [1.54, 1.807) is 0 Å². The average molecular weight is 302 g/mol. The first-order valence-electron chi connectivity index (χ1n) is 8.43. The summed E-state index contributed by atoms with van der Waals surface area (Å²) < 4.78 is 0.584. The van der Waals surface area contributed by atoms with Gasteiger partial charge in [0, 0.05) is 0 Å². The number of aliphatic hydroxyl groups is 1. The van der Waals surface area contributed by atoms with Crippen LogP contribution < -0.4 is 0 Å². The van der Waals surface area contributed by atoms with Gasteiger partial charge >= 0.3 is 5.97 Å². The summed E-state index contributed by atoms with van der Waals surface area (Å²) in [5.74, 6) is -0.912. The molecule has 0 saturated carbocycles. The van der Waals surface area contributed by atoms with Crippen molar-refractivity contribution in [2.75, 3.05) is 27.7 Å². The quantitative estimate of drug-likeness (QED) is 0.405. The standard InChI is InChI=1S/C17H35NO3/c1-5-6-7-8-9-10-11-12-13-17(21,14-16(19)20)15-18(2,3)4/h21H,5-15H2,1-4H3/p+1/t17-/m1/s1. The summed E-state index contributed by atoms with van der Waals surface area (Å²) in [5, 5.41) is 19.6. The minimum Gasteiger partial charge on any atom is -0.481 e. The predicted octanol–water partition coefficient (Wildman–Crippen LogP) is 3.43. The SMILES string of the molecule is CCCCCCCCCC[C@@](O)(CC(=O)O)C[N+](C)(C)C. The van der Waals surface area contributed by atoms with E-state index >= 15 is 0 Å². The molecule has 0 aromatic rings. The van der Waals surface area contributed by atoms with Crippen LogP contribution in [0.4, 0.5) is 0 Å². The molecule has 4 heteroatoms. The van der Waals surface area contributed by atoms with Gasteiger partial charge in [0.1, 0.15) is 12.1 Å². The van der Waals surface area contributed by atoms with Gasteiger partial charge in [-0.3, -0.25) is 4.79 Å². The molecule has 1 atom stereocenters. The van der Waals surface area contributed by atoms with E-state index in [4.69, 9.17) is 5.11 Å². The number of hydrogen-bond acceptors (Lipinski definition) is 2. The van der Waals surface area contributed by atoms with Crippen molar-refractivity contribution < 1.29 is 19.5 Å². The Bertz CT molecular complexity index is 286. The monoisotopic (exact) mass is 302 g/mol. The molecular weight excluding hydrogens is 266 g/mol. The maximum absolute atomic E-state index is 11.0. The van der Waals surface area contributed by atoms with Crippen LogP contribution in [0.2, 0.25) is 0 Å². The molecule has 0 amide bonds. The first-order chi connectivity index (χ1) is 9.68. The van der Waals surface area contributed by atoms with E-state index in [1.807, 2.05) is 21.1 Å². The van der Waals surface area contributed by atoms with Crippen molar-refractivity contribution in [1.29, 1.82) is 0 Å². The van der Waals surface area contributed by atoms with E-state index < -0.39 is 11.6 Å². The summed E-state index contributed by atoms with van der Waals surface area (Å²) in [4.78, 5) is 11.0. The number of carbonyl (C=O) groups is 1. The lowest BCUT2D eigenvalue weighted by molar-refractivity contribution is -0.877. The third-order valence-corrected chi connectivity index (χ3v) is 3.74. The summed E-state index contributed by atoms with van der Waals surface area (Å²) in [6.45, 7) is 2.70. The zero-order valence-electron chi connectivity index (χ0n) is 14.5. The molecule has 2 N–H and O–H groups in total. The van der Waals surface area contributed by atoms with Crippen molar-refractivity contribution in [3.8, 4) is 0 Å². The van der Waals surface area contributed by atoms with Crippen LogP contribution in [0.25, 0.3) is 0 Å². The number of quaternary nitrogens is 1. The molecule has 21 heavy (non-hydrogen) atoms. The number of nitrogens with zero attached hydrogens (tertiary/aromatic N) is 1. The second-order valence-electron chi connectivity index (χ2n) is 7.47. The molecule has 0 aliphatic heterocycles. The number of carboxylic acids is 1. The summed E-state index contributed by atoms with van der Waals surface area (Å²) in [7, 11) is 5.96. The van der Waals surface area contributed by atoms with Crippen molar-refractivity contribution in [1.82, 2.24) is 0 Å². The van der Waals surface area contributed by atoms with Crippen LogP contribution in [-0.2, 0) is 4.79 Å². The van der Waals surface area contributed by atoms with E-state index in [1.165, 1.54) is 38.5 Å². The van der Waals surface area contributed by atoms with E-state index in [9.17, 15) is 9.90 Å². The maximum atomic E-state index is 11.0. The first kappa shape index (κ1) is 20.4. The molecule has 4 nitrogen and oxygen atoms in total. The maximum Gasteiger partial charge on any atom is 0.306 e. The smallest absolute Gasteiger partial charge is 0.306 e. The predicted molar refractivity (Wildman–Crippen MR) is 87.3 cm³/mol. The molecule has 0 aromatic carbocycles. The van der Waals surface area contributed by atoms with Gasteiger partial charge in [0.15, 0.2) is 0 Å². The number of hydrogen-bond donors (Lipinski definition) is 2. The average Bonchev–Trinajstić information content (AvgIpc) is 2.29. The molecule has 0 aliphatic rings. The van der Waals surface area contributed by atoms with Crippen LogP contribution >= 0.6 is 0 Å². The number of aliphatic carboxylic acids is 1. The first-order valence-corrected chi connectivity index (χ1v) is 8.43. The van der Waals surface area contributed by atoms with Crippen molar-refractivity contribution in [2.45, 2.75) is 76.7 Å². The summed E-state index contributed by atoms with van der Waals surface area (Å²) >= 11 is 0. The molecule has 0 bridgehead atoms. The Morgan fingerprint density at radius 3 is 1.86 bits per heavy atom. The fourth-order valence-electron chi connectivity index (χ4n) is 2.98. The van der Waals surface area contributed by atoms with Crippen molar-refractivity contribution in [3.05, 3.63) is 0 Å². The van der Waals surface area contributed by atoms with Gasteiger partial charge in [-0.25, -0.2) is 0 Å². The van der Waals surface area contributed by atoms with E-state index in [0.29, 0.717) is 17.4 Å². The van der Waals surface area contributed by atoms with Gasteiger partial charge in [-0.05, 0) is 6.42 Å². The third kappa shape index (κ3) is 12.8. The number of likely N-dealkylation sites (N-methyl/N-ethyl adjacent to an activating group) is 1. The van der Waals surface area contributed by atoms with Crippen LogP contribution in [-0.4, -0.2) is 54.0 Å². The third-order valence-electron chi connectivity index (χ3n) is 3.74. The molecule has 126 valence electrons. The summed E-state index contributed by atoms with van der Waals surface area (Å²) in [6.07, 6.45) is 10.1. The van der Waals surface area contributed by atoms with Gasteiger partial charge in [-0.2, -0.15) is 0 Å². The molecule has 0 heterocycles. The van der Waals surface area contributed by atoms with Crippen LogP contribution in [0.15, 0.2) is 0 Å². The Labute approximate surface area is 130 Å². The lowest BCUT2D eigenvalue weighted by Crippen LogP contribution is -2.50. The second-order valence-corrected chi connectivity index (χ2v) is 7.47. The highest BCUT2D eigenvalue weighted by molar-refractivity contribution is 5.68. The molecule has 0 unspecified atom stereocenters. The van der Waals surface area contributed by atoms with Crippen LogP contribution in [0, 0.1) is 0 Å². The molecule has 0 spiro atoms. The van der Waals surface area contributed by atoms with Gasteiger partial charge in [0.25, 0.3) is 0 Å². The highest BCUT2D eigenvalue weighted by Gasteiger charge is 2.35. The fraction of sp³-hybridized carbons (Fsp3) is 0.941. The molecule has 0 rings (SSSR count). The normalized spacial score (nSPS) is 14.9. The summed E-state index contributed by atoms with van der Waals surface area (Å²) in [6, 6.07) is 0. The van der Waals surface area contributed by atoms with Gasteiger partial charge < -0.3 is 14.7 Å². The molecule has 0 radical (unpaired) electrons. The minimum atomic E-state index is -1.08.